The summed E-state index contributed by atoms with van der Waals surface area (Å²) in [5.74, 6) is -0.454. The van der Waals surface area contributed by atoms with Gasteiger partial charge in [-0.1, -0.05) is 46.0 Å². The van der Waals surface area contributed by atoms with Crippen molar-refractivity contribution >= 4 is 0 Å². The maximum absolute atomic E-state index is 14.8. The van der Waals surface area contributed by atoms with Crippen molar-refractivity contribution in [3.05, 3.63) is 0 Å². The summed E-state index contributed by atoms with van der Waals surface area (Å²) in [6, 6.07) is 0. The van der Waals surface area contributed by atoms with Crippen molar-refractivity contribution in [1.29, 1.82) is 0 Å². The Balaban J connectivity index is 1.77. The fourth-order valence-electron chi connectivity index (χ4n) is 4.96. The number of unbranched alkanes of at least 4 members (excludes halogenated alkanes) is 4. The van der Waals surface area contributed by atoms with Crippen LogP contribution in [0.4, 0.5) is 13.2 Å². The van der Waals surface area contributed by atoms with E-state index in [-0.39, 0.29) is 23.9 Å². The molecule has 0 bridgehead atoms. The molecular formula is C22H39F3O. The number of hydrogen-bond donors (Lipinski definition) is 0. The Morgan fingerprint density at radius 3 is 2.23 bits per heavy atom. The van der Waals surface area contributed by atoms with Gasteiger partial charge < -0.3 is 4.74 Å². The standard InChI is InChI=1S/C22H39F3O/c1-3-5-7-9-16-10-12-18(22(25)21(16)24)17-11-13-20(19(23)15-17)26-14-8-6-4-2/h16-22H,3-15H2,1-2H3. The van der Waals surface area contributed by atoms with Crippen molar-refractivity contribution in [1.82, 2.24) is 0 Å². The maximum Gasteiger partial charge on any atom is 0.134 e. The second-order valence-corrected chi connectivity index (χ2v) is 8.59. The quantitative estimate of drug-likeness (QED) is 0.374. The molecule has 2 aliphatic carbocycles. The zero-order valence-corrected chi connectivity index (χ0v) is 16.8. The molecule has 1 nitrogen and oxygen atoms in total. The van der Waals surface area contributed by atoms with Gasteiger partial charge >= 0.3 is 0 Å². The van der Waals surface area contributed by atoms with Gasteiger partial charge in [0.05, 0.1) is 6.10 Å². The van der Waals surface area contributed by atoms with E-state index in [9.17, 15) is 13.2 Å². The smallest absolute Gasteiger partial charge is 0.134 e. The number of rotatable bonds is 10. The molecule has 2 saturated carbocycles. The molecule has 4 heteroatoms. The summed E-state index contributed by atoms with van der Waals surface area (Å²) in [5, 5.41) is 0. The highest BCUT2D eigenvalue weighted by molar-refractivity contribution is 4.94. The van der Waals surface area contributed by atoms with Crippen LogP contribution in [0.15, 0.2) is 0 Å². The largest absolute Gasteiger partial charge is 0.375 e. The van der Waals surface area contributed by atoms with E-state index in [1.807, 2.05) is 0 Å². The third-order valence-corrected chi connectivity index (χ3v) is 6.65. The molecule has 26 heavy (non-hydrogen) atoms. The zero-order valence-electron chi connectivity index (χ0n) is 16.8. The van der Waals surface area contributed by atoms with Gasteiger partial charge in [-0.05, 0) is 62.7 Å². The van der Waals surface area contributed by atoms with E-state index >= 15 is 0 Å². The normalized spacial score (nSPS) is 38.4. The first-order chi connectivity index (χ1) is 12.6. The Hall–Kier alpha value is -0.250. The molecule has 0 saturated heterocycles. The monoisotopic (exact) mass is 376 g/mol. The molecule has 7 unspecified atom stereocenters. The minimum Gasteiger partial charge on any atom is -0.375 e. The number of hydrogen-bond acceptors (Lipinski definition) is 1. The summed E-state index contributed by atoms with van der Waals surface area (Å²) >= 11 is 0. The molecule has 2 rings (SSSR count). The predicted molar refractivity (Wildman–Crippen MR) is 102 cm³/mol. The molecule has 154 valence electrons. The Morgan fingerprint density at radius 1 is 0.808 bits per heavy atom. The van der Waals surface area contributed by atoms with Crippen molar-refractivity contribution in [2.45, 2.75) is 116 Å². The van der Waals surface area contributed by atoms with Crippen LogP contribution in [0, 0.1) is 17.8 Å². The van der Waals surface area contributed by atoms with Crippen LogP contribution in [-0.4, -0.2) is 31.2 Å². The van der Waals surface area contributed by atoms with E-state index < -0.39 is 18.5 Å². The Bertz CT molecular complexity index is 378. The van der Waals surface area contributed by atoms with Crippen molar-refractivity contribution in [3.8, 4) is 0 Å². The summed E-state index contributed by atoms with van der Waals surface area (Å²) in [5.41, 5.74) is 0. The summed E-state index contributed by atoms with van der Waals surface area (Å²) in [7, 11) is 0. The molecule has 2 aliphatic rings. The molecule has 0 N–H and O–H groups in total. The van der Waals surface area contributed by atoms with Crippen LogP contribution in [0.1, 0.15) is 90.9 Å². The molecule has 0 aromatic rings. The highest BCUT2D eigenvalue weighted by Crippen LogP contribution is 2.44. The molecule has 0 aromatic carbocycles. The Morgan fingerprint density at radius 2 is 1.54 bits per heavy atom. The lowest BCUT2D eigenvalue weighted by Gasteiger charge is -2.42. The molecule has 0 amide bonds. The predicted octanol–water partition coefficient (Wildman–Crippen LogP) is 6.98. The first-order valence-corrected chi connectivity index (χ1v) is 11.1. The average Bonchev–Trinajstić information content (AvgIpc) is 2.63. The van der Waals surface area contributed by atoms with E-state index in [2.05, 4.69) is 13.8 Å². The lowest BCUT2D eigenvalue weighted by Crippen LogP contribution is -2.44. The fraction of sp³-hybridized carbons (Fsp3) is 1.00. The van der Waals surface area contributed by atoms with Gasteiger partial charge in [-0.3, -0.25) is 0 Å². The third kappa shape index (κ3) is 6.14. The van der Waals surface area contributed by atoms with Gasteiger partial charge in [-0.25, -0.2) is 13.2 Å². The van der Waals surface area contributed by atoms with E-state index in [0.29, 0.717) is 19.4 Å². The minimum absolute atomic E-state index is 0.0228. The van der Waals surface area contributed by atoms with Crippen LogP contribution in [0.5, 0.6) is 0 Å². The van der Waals surface area contributed by atoms with Crippen molar-refractivity contribution < 1.29 is 17.9 Å². The molecular weight excluding hydrogens is 337 g/mol. The lowest BCUT2D eigenvalue weighted by atomic mass is 9.68. The summed E-state index contributed by atoms with van der Waals surface area (Å²) in [4.78, 5) is 0. The molecule has 0 radical (unpaired) electrons. The highest BCUT2D eigenvalue weighted by atomic mass is 19.2. The Labute approximate surface area is 158 Å². The maximum atomic E-state index is 14.8. The second kappa shape index (κ2) is 11.6. The topological polar surface area (TPSA) is 9.23 Å². The van der Waals surface area contributed by atoms with Crippen LogP contribution < -0.4 is 0 Å². The van der Waals surface area contributed by atoms with Gasteiger partial charge in [0.15, 0.2) is 0 Å². The number of alkyl halides is 3. The SMILES string of the molecule is CCCCCOC1CCC(C2CCC(CCCCC)C(F)C2F)CC1F. The molecule has 0 aromatic heterocycles. The van der Waals surface area contributed by atoms with Crippen LogP contribution in [-0.2, 0) is 4.74 Å². The van der Waals surface area contributed by atoms with E-state index in [0.717, 1.165) is 64.2 Å². The summed E-state index contributed by atoms with van der Waals surface area (Å²) < 4.78 is 49.6. The summed E-state index contributed by atoms with van der Waals surface area (Å²) in [6.07, 6.45) is 6.32. The average molecular weight is 377 g/mol. The van der Waals surface area contributed by atoms with Crippen LogP contribution >= 0.6 is 0 Å². The Kier molecular flexibility index (Phi) is 9.80. The molecule has 0 heterocycles. The van der Waals surface area contributed by atoms with E-state index in [1.165, 1.54) is 0 Å². The molecule has 7 atom stereocenters. The molecule has 0 spiro atoms. The van der Waals surface area contributed by atoms with Gasteiger partial charge in [0.25, 0.3) is 0 Å². The number of halogens is 3. The van der Waals surface area contributed by atoms with Crippen LogP contribution in [0.2, 0.25) is 0 Å². The van der Waals surface area contributed by atoms with E-state index in [1.54, 1.807) is 0 Å². The minimum atomic E-state index is -1.41. The molecule has 0 aliphatic heterocycles. The van der Waals surface area contributed by atoms with Gasteiger partial charge in [0, 0.05) is 6.61 Å². The van der Waals surface area contributed by atoms with Crippen molar-refractivity contribution in [3.63, 3.8) is 0 Å². The van der Waals surface area contributed by atoms with Gasteiger partial charge in [-0.2, -0.15) is 0 Å². The second-order valence-electron chi connectivity index (χ2n) is 8.59. The third-order valence-electron chi connectivity index (χ3n) is 6.65. The van der Waals surface area contributed by atoms with Gasteiger partial charge in [-0.15, -0.1) is 0 Å². The zero-order chi connectivity index (χ0) is 18.9. The lowest BCUT2D eigenvalue weighted by molar-refractivity contribution is -0.0665. The van der Waals surface area contributed by atoms with Crippen molar-refractivity contribution in [2.24, 2.45) is 17.8 Å². The fourth-order valence-corrected chi connectivity index (χ4v) is 4.96. The van der Waals surface area contributed by atoms with Crippen LogP contribution in [0.3, 0.4) is 0 Å². The number of ether oxygens (including phenoxy) is 1. The highest BCUT2D eigenvalue weighted by Gasteiger charge is 2.45. The van der Waals surface area contributed by atoms with Crippen LogP contribution in [0.25, 0.3) is 0 Å². The van der Waals surface area contributed by atoms with Crippen molar-refractivity contribution in [2.75, 3.05) is 6.61 Å². The van der Waals surface area contributed by atoms with Gasteiger partial charge in [0.2, 0.25) is 0 Å². The molecule has 2 fully saturated rings. The summed E-state index contributed by atoms with van der Waals surface area (Å²) in [6.45, 7) is 4.87. The first-order valence-electron chi connectivity index (χ1n) is 11.1. The van der Waals surface area contributed by atoms with E-state index in [4.69, 9.17) is 4.74 Å². The first kappa shape index (κ1) is 22.0. The van der Waals surface area contributed by atoms with Gasteiger partial charge in [0.1, 0.15) is 18.5 Å².